The lowest BCUT2D eigenvalue weighted by Crippen LogP contribution is -2.17. The van der Waals surface area contributed by atoms with Crippen LogP contribution >= 0.6 is 39.1 Å². The summed E-state index contributed by atoms with van der Waals surface area (Å²) in [6.07, 6.45) is 5.89. The van der Waals surface area contributed by atoms with Crippen molar-refractivity contribution in [3.8, 4) is 0 Å². The van der Waals surface area contributed by atoms with Gasteiger partial charge in [0, 0.05) is 0 Å². The topological polar surface area (TPSA) is 71.8 Å². The lowest BCUT2D eigenvalue weighted by atomic mass is 10.1. The number of aliphatic hydroxyl groups is 1. The van der Waals surface area contributed by atoms with E-state index in [9.17, 15) is 5.11 Å². The van der Waals surface area contributed by atoms with Crippen molar-refractivity contribution >= 4 is 39.1 Å². The Hall–Kier alpha value is -0.820. The van der Waals surface area contributed by atoms with E-state index in [1.54, 1.807) is 20.0 Å². The lowest BCUT2D eigenvalue weighted by Gasteiger charge is -2.14. The van der Waals surface area contributed by atoms with Crippen LogP contribution in [-0.2, 0) is 5.60 Å². The maximum atomic E-state index is 9.43. The molecule has 0 radical (unpaired) electrons. The van der Waals surface area contributed by atoms with Crippen LogP contribution in [0, 0.1) is 0 Å². The van der Waals surface area contributed by atoms with Gasteiger partial charge in [-0.05, 0) is 29.8 Å². The molecular weight excluding hydrogens is 355 g/mol. The molecule has 2 rings (SSSR count). The molecule has 0 unspecified atom stereocenters. The smallest absolute Gasteiger partial charge is 0.147 e. The minimum Gasteiger partial charge on any atom is -0.384 e. The molecule has 0 aliphatic heterocycles. The van der Waals surface area contributed by atoms with E-state index in [4.69, 9.17) is 23.2 Å². The highest BCUT2D eigenvalue weighted by Gasteiger charge is 2.17. The molecule has 0 saturated heterocycles. The number of nitrogens with zero attached hydrogens (tertiary/aromatic N) is 4. The van der Waals surface area contributed by atoms with Crippen LogP contribution in [0.4, 0.5) is 0 Å². The molecule has 0 aliphatic carbocycles. The number of aromatic nitrogens is 4. The summed E-state index contributed by atoms with van der Waals surface area (Å²) >= 11 is 14.0. The summed E-state index contributed by atoms with van der Waals surface area (Å²) in [4.78, 5) is 15.2. The number of halogens is 3. The van der Waals surface area contributed by atoms with Gasteiger partial charge in [0.25, 0.3) is 0 Å². The van der Waals surface area contributed by atoms with E-state index in [2.05, 4.69) is 35.9 Å². The molecule has 19 heavy (non-hydrogen) atoms. The Morgan fingerprint density at radius 3 is 1.79 bits per heavy atom. The Bertz CT molecular complexity index is 493. The predicted octanol–water partition coefficient (Wildman–Crippen LogP) is 3.25. The predicted molar refractivity (Wildman–Crippen MR) is 77.0 cm³/mol. The SMILES string of the molecule is CC(C)(O)c1cnc(Cl)cn1.Clc1cnc(Br)cn1. The zero-order valence-electron chi connectivity index (χ0n) is 10.2. The van der Waals surface area contributed by atoms with Crippen molar-refractivity contribution in [3.05, 3.63) is 45.4 Å². The Morgan fingerprint density at radius 1 is 0.947 bits per heavy atom. The largest absolute Gasteiger partial charge is 0.384 e. The summed E-state index contributed by atoms with van der Waals surface area (Å²) in [7, 11) is 0. The molecule has 2 aromatic heterocycles. The second kappa shape index (κ2) is 7.09. The highest BCUT2D eigenvalue weighted by Crippen LogP contribution is 2.16. The summed E-state index contributed by atoms with van der Waals surface area (Å²) in [6, 6.07) is 0. The van der Waals surface area contributed by atoms with Crippen LogP contribution in [0.1, 0.15) is 19.5 Å². The summed E-state index contributed by atoms with van der Waals surface area (Å²) in [6.45, 7) is 3.29. The van der Waals surface area contributed by atoms with Gasteiger partial charge >= 0.3 is 0 Å². The number of rotatable bonds is 1. The van der Waals surface area contributed by atoms with Crippen LogP contribution in [0.25, 0.3) is 0 Å². The van der Waals surface area contributed by atoms with Crippen LogP contribution in [0.2, 0.25) is 10.3 Å². The fourth-order valence-corrected chi connectivity index (χ4v) is 1.32. The monoisotopic (exact) mass is 364 g/mol. The van der Waals surface area contributed by atoms with Gasteiger partial charge < -0.3 is 5.11 Å². The maximum Gasteiger partial charge on any atom is 0.147 e. The van der Waals surface area contributed by atoms with Crippen molar-refractivity contribution in [3.63, 3.8) is 0 Å². The van der Waals surface area contributed by atoms with Gasteiger partial charge in [-0.25, -0.2) is 15.0 Å². The highest BCUT2D eigenvalue weighted by atomic mass is 79.9. The van der Waals surface area contributed by atoms with Gasteiger partial charge in [-0.2, -0.15) is 0 Å². The standard InChI is InChI=1S/C7H9ClN2O.C4H2BrClN2/c1-7(2,11)5-3-10-6(8)4-9-5;5-3-1-8-4(6)2-7-3/h3-4,11H,1-2H3;1-2H. The summed E-state index contributed by atoms with van der Waals surface area (Å²) < 4.78 is 0.696. The minimum atomic E-state index is -0.947. The lowest BCUT2D eigenvalue weighted by molar-refractivity contribution is 0.0734. The van der Waals surface area contributed by atoms with E-state index in [0.29, 0.717) is 20.6 Å². The molecule has 0 amide bonds. The first-order valence-corrected chi connectivity index (χ1v) is 6.67. The Balaban J connectivity index is 0.000000200. The Labute approximate surface area is 129 Å². The molecule has 0 saturated carbocycles. The molecule has 0 spiro atoms. The molecule has 2 heterocycles. The van der Waals surface area contributed by atoms with Gasteiger partial charge in [-0.3, -0.25) is 4.98 Å². The van der Waals surface area contributed by atoms with Crippen LogP contribution in [-0.4, -0.2) is 25.0 Å². The van der Waals surface area contributed by atoms with Crippen LogP contribution in [0.5, 0.6) is 0 Å². The second-order valence-corrected chi connectivity index (χ2v) is 5.53. The third-order valence-corrected chi connectivity index (χ3v) is 2.64. The molecule has 0 atom stereocenters. The zero-order valence-corrected chi connectivity index (χ0v) is 13.3. The Kier molecular flexibility index (Phi) is 6.06. The third kappa shape index (κ3) is 6.24. The highest BCUT2D eigenvalue weighted by molar-refractivity contribution is 9.10. The van der Waals surface area contributed by atoms with E-state index in [-0.39, 0.29) is 0 Å². The number of hydrogen-bond acceptors (Lipinski definition) is 5. The van der Waals surface area contributed by atoms with Crippen LogP contribution in [0.15, 0.2) is 29.4 Å². The molecule has 102 valence electrons. The first kappa shape index (κ1) is 16.2. The molecule has 8 heteroatoms. The van der Waals surface area contributed by atoms with E-state index in [1.165, 1.54) is 18.6 Å². The Morgan fingerprint density at radius 2 is 1.47 bits per heavy atom. The van der Waals surface area contributed by atoms with Crippen molar-refractivity contribution in [2.24, 2.45) is 0 Å². The fraction of sp³-hybridized carbons (Fsp3) is 0.273. The van der Waals surface area contributed by atoms with Gasteiger partial charge in [0.05, 0.1) is 30.5 Å². The van der Waals surface area contributed by atoms with Gasteiger partial charge in [0.2, 0.25) is 0 Å². The average molecular weight is 366 g/mol. The van der Waals surface area contributed by atoms with Crippen molar-refractivity contribution in [2.45, 2.75) is 19.4 Å². The minimum absolute atomic E-state index is 0.331. The van der Waals surface area contributed by atoms with Crippen molar-refractivity contribution in [2.75, 3.05) is 0 Å². The van der Waals surface area contributed by atoms with E-state index >= 15 is 0 Å². The number of hydrogen-bond donors (Lipinski definition) is 1. The molecule has 1 N–H and O–H groups in total. The molecule has 0 aliphatic rings. The van der Waals surface area contributed by atoms with Crippen molar-refractivity contribution < 1.29 is 5.11 Å². The second-order valence-electron chi connectivity index (χ2n) is 3.95. The molecule has 5 nitrogen and oxygen atoms in total. The van der Waals surface area contributed by atoms with Crippen molar-refractivity contribution in [1.29, 1.82) is 0 Å². The summed E-state index contributed by atoms with van der Waals surface area (Å²) in [5.41, 5.74) is -0.431. The van der Waals surface area contributed by atoms with Crippen molar-refractivity contribution in [1.82, 2.24) is 19.9 Å². The first-order valence-electron chi connectivity index (χ1n) is 5.12. The van der Waals surface area contributed by atoms with E-state index in [1.807, 2.05) is 0 Å². The molecule has 0 aromatic carbocycles. The average Bonchev–Trinajstić information content (AvgIpc) is 2.33. The normalized spacial score (nSPS) is 10.6. The summed E-state index contributed by atoms with van der Waals surface area (Å²) in [5.74, 6) is 0. The van der Waals surface area contributed by atoms with Gasteiger partial charge in [0.15, 0.2) is 0 Å². The van der Waals surface area contributed by atoms with Gasteiger partial charge in [0.1, 0.15) is 20.5 Å². The fourth-order valence-electron chi connectivity index (χ4n) is 0.925. The molecule has 0 bridgehead atoms. The van der Waals surface area contributed by atoms with E-state index in [0.717, 1.165) is 0 Å². The van der Waals surface area contributed by atoms with Gasteiger partial charge in [-0.1, -0.05) is 23.2 Å². The quantitative estimate of drug-likeness (QED) is 0.839. The molecule has 0 fully saturated rings. The van der Waals surface area contributed by atoms with Crippen LogP contribution in [0.3, 0.4) is 0 Å². The van der Waals surface area contributed by atoms with Gasteiger partial charge in [-0.15, -0.1) is 0 Å². The zero-order chi connectivity index (χ0) is 14.5. The third-order valence-electron chi connectivity index (χ3n) is 1.84. The van der Waals surface area contributed by atoms with Crippen LogP contribution < -0.4 is 0 Å². The summed E-state index contributed by atoms with van der Waals surface area (Å²) in [5, 5.41) is 10.2. The molecular formula is C11H11BrCl2N4O. The maximum absolute atomic E-state index is 9.43. The molecule has 2 aromatic rings. The van der Waals surface area contributed by atoms with E-state index < -0.39 is 5.60 Å². The first-order chi connectivity index (χ1) is 8.79.